The van der Waals surface area contributed by atoms with Crippen LogP contribution in [0.3, 0.4) is 0 Å². The summed E-state index contributed by atoms with van der Waals surface area (Å²) in [5.41, 5.74) is 0.350. The summed E-state index contributed by atoms with van der Waals surface area (Å²) < 4.78 is 0. The molecular weight excluding hydrogens is 226 g/mol. The van der Waals surface area contributed by atoms with Crippen LogP contribution in [0.15, 0.2) is 11.1 Å². The van der Waals surface area contributed by atoms with Crippen LogP contribution in [0, 0.1) is 0 Å². The van der Waals surface area contributed by atoms with E-state index in [0.29, 0.717) is 30.1 Å². The van der Waals surface area contributed by atoms with Crippen LogP contribution in [-0.4, -0.2) is 49.4 Å². The van der Waals surface area contributed by atoms with E-state index >= 15 is 0 Å². The standard InChI is InChI=1S/C9H13N5O3/c15-3-5(16)1-2-10-9-13-7-6(8(17)14-9)11-4-12-7/h4-5,15-16H,1-3H2,(H3,10,11,12,13,14,17). The first-order valence-electron chi connectivity index (χ1n) is 5.17. The number of nitrogens with zero attached hydrogens (tertiary/aromatic N) is 2. The van der Waals surface area contributed by atoms with Crippen molar-refractivity contribution in [3.05, 3.63) is 16.7 Å². The lowest BCUT2D eigenvalue weighted by molar-refractivity contribution is 0.0910. The third kappa shape index (κ3) is 2.60. The predicted molar refractivity (Wildman–Crippen MR) is 60.7 cm³/mol. The highest BCUT2D eigenvalue weighted by Crippen LogP contribution is 2.03. The molecule has 0 spiro atoms. The molecular formula is C9H13N5O3. The Morgan fingerprint density at radius 3 is 3.12 bits per heavy atom. The molecule has 2 aromatic rings. The fourth-order valence-corrected chi connectivity index (χ4v) is 1.38. The number of aromatic amines is 2. The van der Waals surface area contributed by atoms with E-state index in [4.69, 9.17) is 10.2 Å². The molecule has 0 saturated heterocycles. The van der Waals surface area contributed by atoms with E-state index in [-0.39, 0.29) is 12.2 Å². The molecule has 5 N–H and O–H groups in total. The molecule has 0 aliphatic rings. The first-order valence-corrected chi connectivity index (χ1v) is 5.17. The van der Waals surface area contributed by atoms with Gasteiger partial charge in [-0.05, 0) is 6.42 Å². The maximum absolute atomic E-state index is 11.5. The average molecular weight is 239 g/mol. The van der Waals surface area contributed by atoms with Crippen molar-refractivity contribution in [2.45, 2.75) is 12.5 Å². The minimum Gasteiger partial charge on any atom is -0.394 e. The van der Waals surface area contributed by atoms with Crippen molar-refractivity contribution in [1.82, 2.24) is 19.9 Å². The molecule has 2 aromatic heterocycles. The van der Waals surface area contributed by atoms with Gasteiger partial charge < -0.3 is 20.5 Å². The van der Waals surface area contributed by atoms with Gasteiger partial charge in [0.25, 0.3) is 5.56 Å². The van der Waals surface area contributed by atoms with Crippen LogP contribution in [0.5, 0.6) is 0 Å². The number of hydrogen-bond donors (Lipinski definition) is 5. The van der Waals surface area contributed by atoms with Gasteiger partial charge in [0.2, 0.25) is 5.95 Å². The summed E-state index contributed by atoms with van der Waals surface area (Å²) in [6.45, 7) is 0.102. The minimum atomic E-state index is -0.775. The van der Waals surface area contributed by atoms with Crippen molar-refractivity contribution in [3.63, 3.8) is 0 Å². The largest absolute Gasteiger partial charge is 0.394 e. The van der Waals surface area contributed by atoms with E-state index in [9.17, 15) is 4.79 Å². The van der Waals surface area contributed by atoms with Crippen LogP contribution in [0.2, 0.25) is 0 Å². The Morgan fingerprint density at radius 2 is 2.35 bits per heavy atom. The van der Waals surface area contributed by atoms with Gasteiger partial charge in [0.05, 0.1) is 19.0 Å². The number of aromatic nitrogens is 4. The third-order valence-corrected chi connectivity index (χ3v) is 2.28. The number of fused-ring (bicyclic) bond motifs is 1. The highest BCUT2D eigenvalue weighted by molar-refractivity contribution is 5.69. The second-order valence-corrected chi connectivity index (χ2v) is 3.57. The Labute approximate surface area is 95.7 Å². The first-order chi connectivity index (χ1) is 8.20. The van der Waals surface area contributed by atoms with Crippen molar-refractivity contribution in [1.29, 1.82) is 0 Å². The molecule has 0 fully saturated rings. The Kier molecular flexibility index (Phi) is 3.35. The van der Waals surface area contributed by atoms with Crippen LogP contribution >= 0.6 is 0 Å². The van der Waals surface area contributed by atoms with Gasteiger partial charge in [0, 0.05) is 6.54 Å². The van der Waals surface area contributed by atoms with E-state index < -0.39 is 6.10 Å². The minimum absolute atomic E-state index is 0.288. The van der Waals surface area contributed by atoms with E-state index in [1.54, 1.807) is 0 Å². The van der Waals surface area contributed by atoms with Crippen molar-refractivity contribution in [2.24, 2.45) is 0 Å². The van der Waals surface area contributed by atoms with Gasteiger partial charge in [0.1, 0.15) is 0 Å². The van der Waals surface area contributed by atoms with Crippen molar-refractivity contribution >= 4 is 17.1 Å². The molecule has 0 saturated carbocycles. The molecule has 1 atom stereocenters. The van der Waals surface area contributed by atoms with Crippen LogP contribution in [-0.2, 0) is 0 Å². The normalized spacial score (nSPS) is 12.8. The summed E-state index contributed by atoms with van der Waals surface area (Å²) in [7, 11) is 0. The Balaban J connectivity index is 2.06. The molecule has 0 aliphatic heterocycles. The topological polar surface area (TPSA) is 127 Å². The molecule has 0 radical (unpaired) electrons. The third-order valence-electron chi connectivity index (χ3n) is 2.28. The molecule has 0 aromatic carbocycles. The van der Waals surface area contributed by atoms with Gasteiger partial charge in [0.15, 0.2) is 11.2 Å². The number of hydrogen-bond acceptors (Lipinski definition) is 6. The van der Waals surface area contributed by atoms with Gasteiger partial charge in [-0.2, -0.15) is 4.98 Å². The van der Waals surface area contributed by atoms with Gasteiger partial charge in [-0.3, -0.25) is 9.78 Å². The quantitative estimate of drug-likeness (QED) is 0.446. The van der Waals surface area contributed by atoms with Crippen LogP contribution in [0.4, 0.5) is 5.95 Å². The molecule has 17 heavy (non-hydrogen) atoms. The molecule has 0 aliphatic carbocycles. The Bertz CT molecular complexity index is 549. The highest BCUT2D eigenvalue weighted by atomic mass is 16.3. The molecule has 0 amide bonds. The number of imidazole rings is 1. The smallest absolute Gasteiger partial charge is 0.278 e. The van der Waals surface area contributed by atoms with Crippen LogP contribution in [0.25, 0.3) is 11.2 Å². The highest BCUT2D eigenvalue weighted by Gasteiger charge is 2.06. The summed E-state index contributed by atoms with van der Waals surface area (Å²) >= 11 is 0. The first kappa shape index (κ1) is 11.6. The average Bonchev–Trinajstić information content (AvgIpc) is 2.77. The second-order valence-electron chi connectivity index (χ2n) is 3.57. The van der Waals surface area contributed by atoms with Gasteiger partial charge in [-0.25, -0.2) is 4.98 Å². The van der Waals surface area contributed by atoms with Gasteiger partial charge in [-0.15, -0.1) is 0 Å². The fourth-order valence-electron chi connectivity index (χ4n) is 1.38. The lowest BCUT2D eigenvalue weighted by atomic mass is 10.3. The van der Waals surface area contributed by atoms with Crippen molar-refractivity contribution < 1.29 is 10.2 Å². The van der Waals surface area contributed by atoms with Crippen molar-refractivity contribution in [3.8, 4) is 0 Å². The van der Waals surface area contributed by atoms with E-state index in [1.165, 1.54) is 6.33 Å². The summed E-state index contributed by atoms with van der Waals surface area (Å²) in [5, 5.41) is 20.6. The van der Waals surface area contributed by atoms with E-state index in [0.717, 1.165) is 0 Å². The molecule has 1 unspecified atom stereocenters. The van der Waals surface area contributed by atoms with Gasteiger partial charge in [-0.1, -0.05) is 0 Å². The zero-order chi connectivity index (χ0) is 12.3. The molecule has 8 nitrogen and oxygen atoms in total. The van der Waals surface area contributed by atoms with Crippen molar-refractivity contribution in [2.75, 3.05) is 18.5 Å². The maximum atomic E-state index is 11.5. The summed E-state index contributed by atoms with van der Waals surface area (Å²) in [6.07, 6.45) is 0.980. The molecule has 8 heteroatoms. The summed E-state index contributed by atoms with van der Waals surface area (Å²) in [6, 6.07) is 0. The lowest BCUT2D eigenvalue weighted by Gasteiger charge is -2.08. The number of anilines is 1. The monoisotopic (exact) mass is 239 g/mol. The molecule has 2 heterocycles. The second kappa shape index (κ2) is 4.93. The van der Waals surface area contributed by atoms with E-state index in [2.05, 4.69) is 25.3 Å². The van der Waals surface area contributed by atoms with Gasteiger partial charge >= 0.3 is 0 Å². The Hall–Kier alpha value is -1.93. The number of H-pyrrole nitrogens is 2. The maximum Gasteiger partial charge on any atom is 0.278 e. The fraction of sp³-hybridized carbons (Fsp3) is 0.444. The summed E-state index contributed by atoms with van der Waals surface area (Å²) in [5.74, 6) is 0.291. The number of aliphatic hydroxyl groups is 2. The molecule has 0 bridgehead atoms. The summed E-state index contributed by atoms with van der Waals surface area (Å²) in [4.78, 5) is 24.7. The number of nitrogens with one attached hydrogen (secondary N) is 3. The van der Waals surface area contributed by atoms with E-state index in [1.807, 2.05) is 0 Å². The molecule has 92 valence electrons. The lowest BCUT2D eigenvalue weighted by Crippen LogP contribution is -2.19. The predicted octanol–water partition coefficient (Wildman–Crippen LogP) is -1.20. The zero-order valence-corrected chi connectivity index (χ0v) is 8.97. The number of aliphatic hydroxyl groups excluding tert-OH is 2. The zero-order valence-electron chi connectivity index (χ0n) is 8.97. The number of rotatable bonds is 5. The SMILES string of the molecule is O=c1[nH]c(NCCC(O)CO)nc2nc[nH]c12. The van der Waals surface area contributed by atoms with Crippen LogP contribution < -0.4 is 10.9 Å². The van der Waals surface area contributed by atoms with Crippen LogP contribution in [0.1, 0.15) is 6.42 Å². The Morgan fingerprint density at radius 1 is 1.53 bits per heavy atom. The molecule has 2 rings (SSSR count).